The predicted octanol–water partition coefficient (Wildman–Crippen LogP) is 2.05. The Hall–Kier alpha value is -1.56. The van der Waals surface area contributed by atoms with Gasteiger partial charge < -0.3 is 9.39 Å². The van der Waals surface area contributed by atoms with Gasteiger partial charge in [-0.25, -0.2) is 4.79 Å². The largest absolute Gasteiger partial charge is 0.453 e. The molecule has 1 aliphatic heterocycles. The molecule has 1 N–H and O–H groups in total. The standard InChI is InChI=1S/C13H19BN2O3/c1-12(2)13(3,4)19-14(12)9-6-10(8-15-7-9)16-11(17)18-5/h6-8H,1-5H3,(H,16,17). The van der Waals surface area contributed by atoms with Crippen LogP contribution in [0.1, 0.15) is 27.7 Å². The first-order valence-electron chi connectivity index (χ1n) is 6.25. The van der Waals surface area contributed by atoms with Gasteiger partial charge in [0.15, 0.2) is 0 Å². The van der Waals surface area contributed by atoms with E-state index in [1.54, 1.807) is 12.4 Å². The fourth-order valence-electron chi connectivity index (χ4n) is 2.17. The number of carbonyl (C=O) groups excluding carboxylic acids is 1. The van der Waals surface area contributed by atoms with Crippen molar-refractivity contribution in [1.29, 1.82) is 0 Å². The van der Waals surface area contributed by atoms with Crippen LogP contribution in [0.5, 0.6) is 0 Å². The molecule has 5 nitrogen and oxygen atoms in total. The molecule has 0 aliphatic carbocycles. The van der Waals surface area contributed by atoms with Gasteiger partial charge in [-0.3, -0.25) is 10.3 Å². The normalized spacial score (nSPS) is 19.5. The fraction of sp³-hybridized carbons (Fsp3) is 0.538. The number of methoxy groups -OCH3 is 1. The second-order valence-electron chi connectivity index (χ2n) is 5.85. The number of rotatable bonds is 2. The third kappa shape index (κ3) is 2.32. The van der Waals surface area contributed by atoms with E-state index in [4.69, 9.17) is 4.65 Å². The maximum Gasteiger partial charge on any atom is 0.411 e. The molecular formula is C13H19BN2O3. The van der Waals surface area contributed by atoms with Crippen LogP contribution in [-0.2, 0) is 9.39 Å². The van der Waals surface area contributed by atoms with E-state index < -0.39 is 6.09 Å². The Morgan fingerprint density at radius 3 is 2.58 bits per heavy atom. The highest BCUT2D eigenvalue weighted by Crippen LogP contribution is 2.53. The molecule has 6 heteroatoms. The van der Waals surface area contributed by atoms with Gasteiger partial charge in [0.2, 0.25) is 0 Å². The molecule has 2 heterocycles. The Morgan fingerprint density at radius 1 is 1.37 bits per heavy atom. The number of nitrogens with zero attached hydrogens (tertiary/aromatic N) is 1. The van der Waals surface area contributed by atoms with E-state index >= 15 is 0 Å². The summed E-state index contributed by atoms with van der Waals surface area (Å²) in [7, 11) is 1.33. The van der Waals surface area contributed by atoms with Crippen LogP contribution in [0.15, 0.2) is 18.5 Å². The molecule has 1 saturated heterocycles. The average Bonchev–Trinajstić information content (AvgIpc) is 2.36. The van der Waals surface area contributed by atoms with E-state index in [0.29, 0.717) is 5.69 Å². The van der Waals surface area contributed by atoms with Gasteiger partial charge in [-0.2, -0.15) is 0 Å². The van der Waals surface area contributed by atoms with Gasteiger partial charge in [0.1, 0.15) is 0 Å². The maximum absolute atomic E-state index is 11.2. The molecule has 0 radical (unpaired) electrons. The van der Waals surface area contributed by atoms with Gasteiger partial charge in [-0.05, 0) is 25.4 Å². The zero-order valence-corrected chi connectivity index (χ0v) is 12.0. The minimum atomic E-state index is -0.506. The average molecular weight is 262 g/mol. The lowest BCUT2D eigenvalue weighted by atomic mass is 9.33. The summed E-state index contributed by atoms with van der Waals surface area (Å²) in [5, 5.41) is 2.62. The van der Waals surface area contributed by atoms with E-state index in [1.807, 2.05) is 6.07 Å². The Kier molecular flexibility index (Phi) is 3.30. The summed E-state index contributed by atoms with van der Waals surface area (Å²) in [5.41, 5.74) is 1.40. The Bertz CT molecular complexity index is 502. The SMILES string of the molecule is COC(=O)Nc1cncc(B2OC(C)(C)C2(C)C)c1. The van der Waals surface area contributed by atoms with E-state index in [0.717, 1.165) is 5.46 Å². The highest BCUT2D eigenvalue weighted by molar-refractivity contribution is 6.73. The Morgan fingerprint density at radius 2 is 2.05 bits per heavy atom. The molecule has 102 valence electrons. The fourth-order valence-corrected chi connectivity index (χ4v) is 2.17. The number of hydrogen-bond donors (Lipinski definition) is 1. The zero-order chi connectivity index (χ0) is 14.3. The van der Waals surface area contributed by atoms with Crippen molar-refractivity contribution in [2.45, 2.75) is 38.6 Å². The van der Waals surface area contributed by atoms with Crippen molar-refractivity contribution < 1.29 is 14.2 Å². The van der Waals surface area contributed by atoms with Crippen molar-refractivity contribution in [2.24, 2.45) is 0 Å². The summed E-state index contributed by atoms with van der Waals surface area (Å²) in [6.07, 6.45) is 2.84. The summed E-state index contributed by atoms with van der Waals surface area (Å²) in [6, 6.07) is 1.87. The van der Waals surface area contributed by atoms with Gasteiger partial charge in [0, 0.05) is 17.1 Å². The lowest BCUT2D eigenvalue weighted by molar-refractivity contribution is -0.00942. The molecule has 19 heavy (non-hydrogen) atoms. The van der Waals surface area contributed by atoms with Crippen LogP contribution in [0.2, 0.25) is 5.31 Å². The molecule has 0 saturated carbocycles. The monoisotopic (exact) mass is 262 g/mol. The molecule has 0 unspecified atom stereocenters. The molecule has 0 atom stereocenters. The van der Waals surface area contributed by atoms with Crippen molar-refractivity contribution in [3.05, 3.63) is 18.5 Å². The van der Waals surface area contributed by atoms with Crippen LogP contribution < -0.4 is 10.8 Å². The minimum absolute atomic E-state index is 0.0125. The number of ether oxygens (including phenoxy) is 1. The molecule has 1 aromatic heterocycles. The first kappa shape index (κ1) is 13.9. The van der Waals surface area contributed by atoms with Crippen molar-refractivity contribution >= 4 is 24.2 Å². The van der Waals surface area contributed by atoms with Crippen molar-refractivity contribution in [3.8, 4) is 0 Å². The number of carbonyl (C=O) groups is 1. The summed E-state index contributed by atoms with van der Waals surface area (Å²) < 4.78 is 10.5. The predicted molar refractivity (Wildman–Crippen MR) is 74.9 cm³/mol. The minimum Gasteiger partial charge on any atom is -0.453 e. The topological polar surface area (TPSA) is 60.5 Å². The third-order valence-corrected chi connectivity index (χ3v) is 4.11. The quantitative estimate of drug-likeness (QED) is 0.828. The number of nitrogens with one attached hydrogen (secondary N) is 1. The van der Waals surface area contributed by atoms with Gasteiger partial charge in [0.05, 0.1) is 19.0 Å². The summed E-state index contributed by atoms with van der Waals surface area (Å²) in [4.78, 5) is 15.3. The summed E-state index contributed by atoms with van der Waals surface area (Å²) >= 11 is 0. The molecule has 0 bridgehead atoms. The third-order valence-electron chi connectivity index (χ3n) is 4.11. The smallest absolute Gasteiger partial charge is 0.411 e. The van der Waals surface area contributed by atoms with Crippen molar-refractivity contribution in [3.63, 3.8) is 0 Å². The van der Waals surface area contributed by atoms with Crippen LogP contribution >= 0.6 is 0 Å². The van der Waals surface area contributed by atoms with Crippen LogP contribution in [0.3, 0.4) is 0 Å². The molecule has 1 amide bonds. The number of pyridine rings is 1. The number of hydrogen-bond acceptors (Lipinski definition) is 4. The Labute approximate surface area is 113 Å². The second-order valence-corrected chi connectivity index (χ2v) is 5.85. The van der Waals surface area contributed by atoms with E-state index in [-0.39, 0.29) is 17.8 Å². The highest BCUT2D eigenvalue weighted by Gasteiger charge is 2.59. The molecule has 0 spiro atoms. The first-order chi connectivity index (χ1) is 8.78. The van der Waals surface area contributed by atoms with Crippen LogP contribution in [0.25, 0.3) is 0 Å². The lowest BCUT2D eigenvalue weighted by Gasteiger charge is -2.56. The molecular weight excluding hydrogens is 243 g/mol. The first-order valence-corrected chi connectivity index (χ1v) is 6.25. The van der Waals surface area contributed by atoms with E-state index in [2.05, 4.69) is 42.7 Å². The van der Waals surface area contributed by atoms with Crippen molar-refractivity contribution in [2.75, 3.05) is 12.4 Å². The van der Waals surface area contributed by atoms with E-state index in [1.165, 1.54) is 7.11 Å². The molecule has 2 rings (SSSR count). The van der Waals surface area contributed by atoms with Gasteiger partial charge in [-0.1, -0.05) is 13.8 Å². The van der Waals surface area contributed by atoms with Crippen LogP contribution in [0.4, 0.5) is 10.5 Å². The molecule has 0 aromatic carbocycles. The number of amides is 1. The Balaban J connectivity index is 2.19. The van der Waals surface area contributed by atoms with Crippen LogP contribution in [0, 0.1) is 0 Å². The van der Waals surface area contributed by atoms with Gasteiger partial charge in [-0.15, -0.1) is 0 Å². The summed E-state index contributed by atoms with van der Waals surface area (Å²) in [6.45, 7) is 8.47. The summed E-state index contributed by atoms with van der Waals surface area (Å²) in [5.74, 6) is 0. The van der Waals surface area contributed by atoms with E-state index in [9.17, 15) is 4.79 Å². The van der Waals surface area contributed by atoms with Gasteiger partial charge in [0.25, 0.3) is 0 Å². The highest BCUT2D eigenvalue weighted by atomic mass is 16.5. The number of aromatic nitrogens is 1. The molecule has 1 aliphatic rings. The van der Waals surface area contributed by atoms with Crippen LogP contribution in [-0.4, -0.2) is 30.7 Å². The maximum atomic E-state index is 11.2. The zero-order valence-electron chi connectivity index (χ0n) is 12.0. The molecule has 1 fully saturated rings. The molecule has 1 aromatic rings. The second kappa shape index (κ2) is 4.52. The number of anilines is 1. The van der Waals surface area contributed by atoms with Gasteiger partial charge >= 0.3 is 13.0 Å². The van der Waals surface area contributed by atoms with Crippen molar-refractivity contribution in [1.82, 2.24) is 4.98 Å². The lowest BCUT2D eigenvalue weighted by Crippen LogP contribution is -2.66.